The van der Waals surface area contributed by atoms with Crippen LogP contribution < -0.4 is 5.32 Å². The molecule has 0 atom stereocenters. The van der Waals surface area contributed by atoms with Crippen molar-refractivity contribution in [3.05, 3.63) is 41.8 Å². The predicted molar refractivity (Wildman–Crippen MR) is 105 cm³/mol. The summed E-state index contributed by atoms with van der Waals surface area (Å²) in [5.41, 5.74) is 3.10. The summed E-state index contributed by atoms with van der Waals surface area (Å²) >= 11 is 2.02. The highest BCUT2D eigenvalue weighted by atomic mass is 32.2. The third-order valence-electron chi connectivity index (χ3n) is 4.21. The van der Waals surface area contributed by atoms with Gasteiger partial charge in [0.1, 0.15) is 6.26 Å². The number of hydrogen-bond donors (Lipinski definition) is 1. The normalized spacial score (nSPS) is 17.6. The van der Waals surface area contributed by atoms with Crippen molar-refractivity contribution in [1.82, 2.24) is 15.2 Å². The SMILES string of the molecule is CN=C(NCc1coc(-c2ccc(C)cc2)n1)N1CCSC(C)(C)C1. The number of benzene rings is 1. The van der Waals surface area contributed by atoms with Gasteiger partial charge in [-0.2, -0.15) is 11.8 Å². The minimum absolute atomic E-state index is 0.252. The lowest BCUT2D eigenvalue weighted by molar-refractivity contribution is 0.375. The first-order chi connectivity index (χ1) is 12.0. The summed E-state index contributed by atoms with van der Waals surface area (Å²) in [6.07, 6.45) is 1.71. The van der Waals surface area contributed by atoms with Crippen LogP contribution in [0.25, 0.3) is 11.5 Å². The van der Waals surface area contributed by atoms with E-state index in [1.807, 2.05) is 30.9 Å². The van der Waals surface area contributed by atoms with Crippen molar-refractivity contribution >= 4 is 17.7 Å². The van der Waals surface area contributed by atoms with Gasteiger partial charge in [-0.3, -0.25) is 4.99 Å². The number of aromatic nitrogens is 1. The number of thioether (sulfide) groups is 1. The van der Waals surface area contributed by atoms with E-state index in [0.29, 0.717) is 12.4 Å². The molecule has 2 aromatic rings. The molecule has 0 radical (unpaired) electrons. The second-order valence-corrected chi connectivity index (χ2v) is 8.74. The molecule has 134 valence electrons. The topological polar surface area (TPSA) is 53.7 Å². The molecule has 0 bridgehead atoms. The number of nitrogens with zero attached hydrogens (tertiary/aromatic N) is 3. The van der Waals surface area contributed by atoms with Crippen LogP contribution in [0.15, 0.2) is 39.9 Å². The van der Waals surface area contributed by atoms with Crippen LogP contribution in [0.4, 0.5) is 0 Å². The van der Waals surface area contributed by atoms with Gasteiger partial charge in [0.2, 0.25) is 5.89 Å². The summed E-state index contributed by atoms with van der Waals surface area (Å²) in [6, 6.07) is 8.19. The minimum Gasteiger partial charge on any atom is -0.444 e. The molecule has 0 unspecified atom stereocenters. The van der Waals surface area contributed by atoms with Crippen LogP contribution >= 0.6 is 11.8 Å². The Balaban J connectivity index is 1.62. The second kappa shape index (κ2) is 7.52. The summed E-state index contributed by atoms with van der Waals surface area (Å²) in [4.78, 5) is 11.3. The molecule has 1 fully saturated rings. The Bertz CT molecular complexity index is 736. The Kier molecular flexibility index (Phi) is 5.37. The van der Waals surface area contributed by atoms with Crippen molar-refractivity contribution < 1.29 is 4.42 Å². The molecular weight excluding hydrogens is 332 g/mol. The molecule has 0 amide bonds. The van der Waals surface area contributed by atoms with E-state index >= 15 is 0 Å². The largest absolute Gasteiger partial charge is 0.444 e. The van der Waals surface area contributed by atoms with Crippen LogP contribution in [0.5, 0.6) is 0 Å². The number of guanidine groups is 1. The van der Waals surface area contributed by atoms with Gasteiger partial charge in [-0.05, 0) is 32.9 Å². The highest BCUT2D eigenvalue weighted by Gasteiger charge is 2.28. The van der Waals surface area contributed by atoms with E-state index in [1.54, 1.807) is 6.26 Å². The maximum Gasteiger partial charge on any atom is 0.226 e. The van der Waals surface area contributed by atoms with Gasteiger partial charge in [0.15, 0.2) is 5.96 Å². The fourth-order valence-electron chi connectivity index (χ4n) is 2.92. The summed E-state index contributed by atoms with van der Waals surface area (Å²) in [5.74, 6) is 2.70. The summed E-state index contributed by atoms with van der Waals surface area (Å²) in [5, 5.41) is 3.41. The number of aliphatic imine (C=N–C) groups is 1. The lowest BCUT2D eigenvalue weighted by Crippen LogP contribution is -2.50. The third-order valence-corrected chi connectivity index (χ3v) is 5.51. The van der Waals surface area contributed by atoms with Gasteiger partial charge in [-0.1, -0.05) is 17.7 Å². The summed E-state index contributed by atoms with van der Waals surface area (Å²) in [6.45, 7) is 9.24. The number of hydrogen-bond acceptors (Lipinski definition) is 4. The van der Waals surface area contributed by atoms with Crippen molar-refractivity contribution in [3.63, 3.8) is 0 Å². The maximum atomic E-state index is 5.63. The fraction of sp³-hybridized carbons (Fsp3) is 0.474. The van der Waals surface area contributed by atoms with E-state index in [9.17, 15) is 0 Å². The van der Waals surface area contributed by atoms with E-state index < -0.39 is 0 Å². The molecule has 1 aromatic carbocycles. The van der Waals surface area contributed by atoms with E-state index in [-0.39, 0.29) is 4.75 Å². The van der Waals surface area contributed by atoms with Gasteiger partial charge >= 0.3 is 0 Å². The zero-order valence-corrected chi connectivity index (χ0v) is 16.2. The molecule has 6 heteroatoms. The smallest absolute Gasteiger partial charge is 0.226 e. The van der Waals surface area contributed by atoms with Gasteiger partial charge < -0.3 is 14.6 Å². The first-order valence-electron chi connectivity index (χ1n) is 8.58. The fourth-order valence-corrected chi connectivity index (χ4v) is 4.03. The minimum atomic E-state index is 0.252. The van der Waals surface area contributed by atoms with Gasteiger partial charge in [-0.25, -0.2) is 4.98 Å². The Morgan fingerprint density at radius 1 is 1.36 bits per heavy atom. The lowest BCUT2D eigenvalue weighted by atomic mass is 10.1. The molecule has 1 aromatic heterocycles. The molecule has 0 saturated carbocycles. The van der Waals surface area contributed by atoms with E-state index in [1.165, 1.54) is 5.56 Å². The Morgan fingerprint density at radius 2 is 2.12 bits per heavy atom. The Hall–Kier alpha value is -1.95. The number of aryl methyl sites for hydroxylation is 1. The predicted octanol–water partition coefficient (Wildman–Crippen LogP) is 3.55. The monoisotopic (exact) mass is 358 g/mol. The molecule has 1 saturated heterocycles. The molecule has 1 aliphatic rings. The molecule has 25 heavy (non-hydrogen) atoms. The van der Waals surface area contributed by atoms with Crippen molar-refractivity contribution in [1.29, 1.82) is 0 Å². The zero-order valence-electron chi connectivity index (χ0n) is 15.4. The molecule has 3 rings (SSSR count). The highest BCUT2D eigenvalue weighted by molar-refractivity contribution is 8.00. The van der Waals surface area contributed by atoms with Crippen LogP contribution in [-0.4, -0.2) is 46.5 Å². The van der Waals surface area contributed by atoms with E-state index in [2.05, 4.69) is 53.1 Å². The van der Waals surface area contributed by atoms with Crippen molar-refractivity contribution in [3.8, 4) is 11.5 Å². The molecule has 1 aliphatic heterocycles. The van der Waals surface area contributed by atoms with Gasteiger partial charge in [0.05, 0.1) is 12.2 Å². The second-order valence-electron chi connectivity index (χ2n) is 6.94. The standard InChI is InChI=1S/C19H26N4OS/c1-14-5-7-15(8-6-14)17-22-16(12-24-17)11-21-18(20-4)23-9-10-25-19(2,3)13-23/h5-8,12H,9-11,13H2,1-4H3,(H,20,21). The third kappa shape index (κ3) is 4.57. The average Bonchev–Trinajstić information content (AvgIpc) is 3.04. The summed E-state index contributed by atoms with van der Waals surface area (Å²) in [7, 11) is 1.83. The highest BCUT2D eigenvalue weighted by Crippen LogP contribution is 2.29. The van der Waals surface area contributed by atoms with Gasteiger partial charge in [0.25, 0.3) is 0 Å². The number of nitrogens with one attached hydrogen (secondary N) is 1. The van der Waals surface area contributed by atoms with Crippen LogP contribution in [0.1, 0.15) is 25.1 Å². The Labute approximate surface area is 153 Å². The quantitative estimate of drug-likeness (QED) is 0.672. The van der Waals surface area contributed by atoms with Gasteiger partial charge in [0, 0.05) is 36.2 Å². The van der Waals surface area contributed by atoms with Crippen LogP contribution in [-0.2, 0) is 6.54 Å². The molecule has 0 aliphatic carbocycles. The average molecular weight is 359 g/mol. The summed E-state index contributed by atoms with van der Waals surface area (Å²) < 4.78 is 5.88. The van der Waals surface area contributed by atoms with E-state index in [0.717, 1.165) is 36.1 Å². The Morgan fingerprint density at radius 3 is 2.80 bits per heavy atom. The lowest BCUT2D eigenvalue weighted by Gasteiger charge is -2.39. The van der Waals surface area contributed by atoms with Crippen LogP contribution in [0, 0.1) is 6.92 Å². The van der Waals surface area contributed by atoms with Crippen molar-refractivity contribution in [2.45, 2.75) is 32.1 Å². The number of rotatable bonds is 3. The van der Waals surface area contributed by atoms with Crippen molar-refractivity contribution in [2.75, 3.05) is 25.9 Å². The zero-order chi connectivity index (χ0) is 17.9. The molecule has 0 spiro atoms. The first kappa shape index (κ1) is 17.9. The molecule has 1 N–H and O–H groups in total. The van der Waals surface area contributed by atoms with Crippen LogP contribution in [0.3, 0.4) is 0 Å². The molecule has 2 heterocycles. The van der Waals surface area contributed by atoms with E-state index in [4.69, 9.17) is 4.42 Å². The van der Waals surface area contributed by atoms with Crippen molar-refractivity contribution in [2.24, 2.45) is 4.99 Å². The first-order valence-corrected chi connectivity index (χ1v) is 9.56. The number of oxazole rings is 1. The molecular formula is C19H26N4OS. The van der Waals surface area contributed by atoms with Gasteiger partial charge in [-0.15, -0.1) is 0 Å². The molecule has 5 nitrogen and oxygen atoms in total. The van der Waals surface area contributed by atoms with Crippen LogP contribution in [0.2, 0.25) is 0 Å². The maximum absolute atomic E-state index is 5.63.